The minimum absolute atomic E-state index is 0.304. The summed E-state index contributed by atoms with van der Waals surface area (Å²) >= 11 is 0. The number of nitrogens with zero attached hydrogens (tertiary/aromatic N) is 2. The van der Waals surface area contributed by atoms with Gasteiger partial charge in [0, 0.05) is 19.5 Å². The highest BCUT2D eigenvalue weighted by molar-refractivity contribution is 5.21. The molecule has 0 unspecified atom stereocenters. The number of fused-ring (bicyclic) bond motifs is 1. The Kier molecular flexibility index (Phi) is 1.77. The summed E-state index contributed by atoms with van der Waals surface area (Å²) in [5, 5.41) is 0. The maximum absolute atomic E-state index is 5.45. The van der Waals surface area contributed by atoms with E-state index in [1.165, 1.54) is 0 Å². The molecule has 0 aliphatic carbocycles. The quantitative estimate of drug-likeness (QED) is 0.666. The van der Waals surface area contributed by atoms with Crippen LogP contribution in [-0.4, -0.2) is 23.0 Å². The summed E-state index contributed by atoms with van der Waals surface area (Å²) in [5.41, 5.74) is 6.46. The first-order valence-corrected chi connectivity index (χ1v) is 4.26. The lowest BCUT2D eigenvalue weighted by Crippen LogP contribution is -2.29. The Hall–Kier alpha value is -1.03. The predicted octanol–water partition coefficient (Wildman–Crippen LogP) is 0.635. The van der Waals surface area contributed by atoms with Gasteiger partial charge in [0.15, 0.2) is 0 Å². The second-order valence-corrected chi connectivity index (χ2v) is 3.04. The van der Waals surface area contributed by atoms with Crippen molar-refractivity contribution in [3.8, 4) is 0 Å². The lowest BCUT2D eigenvalue weighted by molar-refractivity contribution is 0.253. The van der Waals surface area contributed by atoms with Gasteiger partial charge in [-0.25, -0.2) is 0 Å². The molecule has 12 heavy (non-hydrogen) atoms. The smallest absolute Gasteiger partial charge is 0.292 e. The van der Waals surface area contributed by atoms with E-state index in [1.807, 2.05) is 0 Å². The Morgan fingerprint density at radius 2 is 2.50 bits per heavy atom. The van der Waals surface area contributed by atoms with Crippen molar-refractivity contribution in [1.29, 1.82) is 0 Å². The molecule has 1 aromatic heterocycles. The average Bonchev–Trinajstić information content (AvgIpc) is 2.43. The van der Waals surface area contributed by atoms with E-state index >= 15 is 0 Å². The number of hydrogen-bond donors (Lipinski definition) is 1. The Balaban J connectivity index is 2.22. The van der Waals surface area contributed by atoms with Gasteiger partial charge in [-0.2, -0.15) is 4.98 Å². The van der Waals surface area contributed by atoms with Crippen LogP contribution in [0.15, 0.2) is 4.42 Å². The first kappa shape index (κ1) is 7.61. The third-order valence-electron chi connectivity index (χ3n) is 2.27. The van der Waals surface area contributed by atoms with E-state index in [0.717, 1.165) is 37.5 Å². The maximum Gasteiger partial charge on any atom is 0.292 e. The number of aromatic nitrogens is 1. The number of anilines is 1. The van der Waals surface area contributed by atoms with Crippen LogP contribution < -0.4 is 5.73 Å². The van der Waals surface area contributed by atoms with Crippen LogP contribution >= 0.6 is 0 Å². The number of likely N-dealkylation sites (N-methyl/N-ethyl adjacent to an activating group) is 1. The Morgan fingerprint density at radius 1 is 1.67 bits per heavy atom. The molecule has 0 fully saturated rings. The molecule has 1 aliphatic heterocycles. The fraction of sp³-hybridized carbons (Fsp3) is 0.625. The monoisotopic (exact) mass is 167 g/mol. The van der Waals surface area contributed by atoms with Crippen molar-refractivity contribution in [2.75, 3.05) is 18.8 Å². The highest BCUT2D eigenvalue weighted by atomic mass is 16.4. The summed E-state index contributed by atoms with van der Waals surface area (Å²) in [7, 11) is 0. The van der Waals surface area contributed by atoms with E-state index in [1.54, 1.807) is 0 Å². The molecule has 2 rings (SSSR count). The molecule has 0 bridgehead atoms. The molecule has 1 aromatic rings. The molecule has 0 spiro atoms. The van der Waals surface area contributed by atoms with Crippen LogP contribution in [0.1, 0.15) is 18.4 Å². The highest BCUT2D eigenvalue weighted by Crippen LogP contribution is 2.19. The van der Waals surface area contributed by atoms with Crippen LogP contribution in [0, 0.1) is 0 Å². The third kappa shape index (κ3) is 1.18. The van der Waals surface area contributed by atoms with Crippen molar-refractivity contribution >= 4 is 6.01 Å². The van der Waals surface area contributed by atoms with Gasteiger partial charge in [0.2, 0.25) is 0 Å². The van der Waals surface area contributed by atoms with Crippen LogP contribution in [0.3, 0.4) is 0 Å². The molecule has 1 aliphatic rings. The number of oxazole rings is 1. The maximum atomic E-state index is 5.45. The third-order valence-corrected chi connectivity index (χ3v) is 2.27. The topological polar surface area (TPSA) is 55.3 Å². The molecular formula is C8H13N3O. The molecule has 0 saturated carbocycles. The fourth-order valence-electron chi connectivity index (χ4n) is 1.54. The van der Waals surface area contributed by atoms with Gasteiger partial charge < -0.3 is 10.2 Å². The summed E-state index contributed by atoms with van der Waals surface area (Å²) in [4.78, 5) is 6.44. The largest absolute Gasteiger partial charge is 0.429 e. The van der Waals surface area contributed by atoms with Gasteiger partial charge in [-0.05, 0) is 6.54 Å². The summed E-state index contributed by atoms with van der Waals surface area (Å²) in [6.07, 6.45) is 0.938. The van der Waals surface area contributed by atoms with Crippen molar-refractivity contribution in [3.63, 3.8) is 0 Å². The van der Waals surface area contributed by atoms with E-state index < -0.39 is 0 Å². The molecule has 4 heteroatoms. The highest BCUT2D eigenvalue weighted by Gasteiger charge is 2.19. The van der Waals surface area contributed by atoms with E-state index in [4.69, 9.17) is 10.2 Å². The Bertz CT molecular complexity index is 282. The number of hydrogen-bond acceptors (Lipinski definition) is 4. The van der Waals surface area contributed by atoms with Crippen molar-refractivity contribution < 1.29 is 4.42 Å². The van der Waals surface area contributed by atoms with Crippen LogP contribution in [-0.2, 0) is 13.0 Å². The lowest BCUT2D eigenvalue weighted by Gasteiger charge is -2.22. The van der Waals surface area contributed by atoms with Crippen molar-refractivity contribution in [2.45, 2.75) is 19.9 Å². The SMILES string of the molecule is CCN1CCc2oc(N)nc2C1. The molecule has 66 valence electrons. The van der Waals surface area contributed by atoms with Gasteiger partial charge >= 0.3 is 0 Å². The minimum Gasteiger partial charge on any atom is -0.429 e. The molecule has 0 amide bonds. The first-order valence-electron chi connectivity index (χ1n) is 4.26. The standard InChI is InChI=1S/C8H13N3O/c1-2-11-4-3-7-6(5-11)10-8(9)12-7/h2-5H2,1H3,(H2,9,10). The van der Waals surface area contributed by atoms with Crippen LogP contribution in [0.25, 0.3) is 0 Å². The van der Waals surface area contributed by atoms with E-state index in [9.17, 15) is 0 Å². The van der Waals surface area contributed by atoms with Crippen molar-refractivity contribution in [3.05, 3.63) is 11.5 Å². The predicted molar refractivity (Wildman–Crippen MR) is 45.6 cm³/mol. The number of nitrogen functional groups attached to an aromatic ring is 1. The molecule has 2 N–H and O–H groups in total. The van der Waals surface area contributed by atoms with Crippen LogP contribution in [0.4, 0.5) is 6.01 Å². The molecule has 0 saturated heterocycles. The van der Waals surface area contributed by atoms with E-state index in [-0.39, 0.29) is 0 Å². The van der Waals surface area contributed by atoms with Gasteiger partial charge in [-0.15, -0.1) is 0 Å². The van der Waals surface area contributed by atoms with Gasteiger partial charge in [0.25, 0.3) is 6.01 Å². The van der Waals surface area contributed by atoms with Crippen LogP contribution in [0.5, 0.6) is 0 Å². The summed E-state index contributed by atoms with van der Waals surface area (Å²) < 4.78 is 5.24. The van der Waals surface area contributed by atoms with Crippen molar-refractivity contribution in [2.24, 2.45) is 0 Å². The van der Waals surface area contributed by atoms with Gasteiger partial charge in [0.05, 0.1) is 5.69 Å². The zero-order chi connectivity index (χ0) is 8.55. The molecule has 2 heterocycles. The molecule has 0 radical (unpaired) electrons. The van der Waals surface area contributed by atoms with Crippen LogP contribution in [0.2, 0.25) is 0 Å². The van der Waals surface area contributed by atoms with Gasteiger partial charge in [-0.1, -0.05) is 6.92 Å². The molecule has 4 nitrogen and oxygen atoms in total. The number of nitrogens with two attached hydrogens (primary N) is 1. The normalized spacial score (nSPS) is 17.8. The van der Waals surface area contributed by atoms with Crippen molar-refractivity contribution in [1.82, 2.24) is 9.88 Å². The van der Waals surface area contributed by atoms with Gasteiger partial charge in [-0.3, -0.25) is 4.90 Å². The minimum atomic E-state index is 0.304. The zero-order valence-corrected chi connectivity index (χ0v) is 7.21. The Morgan fingerprint density at radius 3 is 3.25 bits per heavy atom. The van der Waals surface area contributed by atoms with E-state index in [0.29, 0.717) is 6.01 Å². The summed E-state index contributed by atoms with van der Waals surface area (Å²) in [6, 6.07) is 0.304. The first-order chi connectivity index (χ1) is 5.79. The Labute approximate surface area is 71.4 Å². The van der Waals surface area contributed by atoms with E-state index in [2.05, 4.69) is 16.8 Å². The average molecular weight is 167 g/mol. The van der Waals surface area contributed by atoms with Gasteiger partial charge in [0.1, 0.15) is 5.76 Å². The molecule has 0 aromatic carbocycles. The second-order valence-electron chi connectivity index (χ2n) is 3.04. The molecule has 0 atom stereocenters. The second kappa shape index (κ2) is 2.79. The summed E-state index contributed by atoms with van der Waals surface area (Å²) in [5.74, 6) is 0.970. The zero-order valence-electron chi connectivity index (χ0n) is 7.21. The summed E-state index contributed by atoms with van der Waals surface area (Å²) in [6.45, 7) is 5.14. The fourth-order valence-corrected chi connectivity index (χ4v) is 1.54. The lowest BCUT2D eigenvalue weighted by atomic mass is 10.2. The molecular weight excluding hydrogens is 154 g/mol. The number of rotatable bonds is 1.